The highest BCUT2D eigenvalue weighted by Crippen LogP contribution is 2.14. The van der Waals surface area contributed by atoms with Gasteiger partial charge in [0.2, 0.25) is 0 Å². The van der Waals surface area contributed by atoms with Gasteiger partial charge in [0.15, 0.2) is 0 Å². The van der Waals surface area contributed by atoms with Gasteiger partial charge in [-0.2, -0.15) is 0 Å². The molecule has 1 aliphatic heterocycles. The van der Waals surface area contributed by atoms with E-state index < -0.39 is 0 Å². The molecule has 1 heterocycles. The number of likely N-dealkylation sites (tertiary alicyclic amines) is 1. The molecule has 6 heteroatoms. The lowest BCUT2D eigenvalue weighted by Gasteiger charge is -2.26. The van der Waals surface area contributed by atoms with Gasteiger partial charge in [-0.1, -0.05) is 42.8 Å². The first-order chi connectivity index (χ1) is 11.7. The molecule has 4 nitrogen and oxygen atoms in total. The molecule has 0 saturated carbocycles. The van der Waals surface area contributed by atoms with Crippen LogP contribution in [-0.2, 0) is 13.1 Å². The van der Waals surface area contributed by atoms with E-state index in [1.807, 2.05) is 12.1 Å². The van der Waals surface area contributed by atoms with E-state index in [1.54, 1.807) is 12.1 Å². The molecular weight excluding hydrogens is 369 g/mol. The Hall–Kier alpha value is -1.75. The van der Waals surface area contributed by atoms with Crippen LogP contribution in [0.3, 0.4) is 0 Å². The molecule has 0 radical (unpaired) electrons. The summed E-state index contributed by atoms with van der Waals surface area (Å²) in [5.41, 5.74) is 9.30. The number of anilines is 1. The summed E-state index contributed by atoms with van der Waals surface area (Å²) in [6, 6.07) is 15.6. The number of nitrogens with two attached hydrogens (primary N) is 1. The number of nitrogens with one attached hydrogen (secondary N) is 1. The molecule has 0 spiro atoms. The number of benzene rings is 2. The van der Waals surface area contributed by atoms with Gasteiger partial charge in [-0.25, -0.2) is 0 Å². The first-order valence-electron chi connectivity index (χ1n) is 8.65. The van der Waals surface area contributed by atoms with Gasteiger partial charge in [-0.3, -0.25) is 9.69 Å². The Bertz CT molecular complexity index is 686. The van der Waals surface area contributed by atoms with Crippen LogP contribution in [0.1, 0.15) is 40.7 Å². The van der Waals surface area contributed by atoms with E-state index >= 15 is 0 Å². The number of halogens is 2. The van der Waals surface area contributed by atoms with Crippen LogP contribution in [0.25, 0.3) is 0 Å². The van der Waals surface area contributed by atoms with Crippen molar-refractivity contribution in [2.24, 2.45) is 0 Å². The number of para-hydroxylation sites is 1. The lowest BCUT2D eigenvalue weighted by Crippen LogP contribution is -2.29. The van der Waals surface area contributed by atoms with E-state index in [9.17, 15) is 4.79 Å². The van der Waals surface area contributed by atoms with Crippen molar-refractivity contribution in [3.05, 3.63) is 65.2 Å². The number of hydrogen-bond donors (Lipinski definition) is 2. The van der Waals surface area contributed by atoms with Crippen molar-refractivity contribution in [2.45, 2.75) is 32.4 Å². The lowest BCUT2D eigenvalue weighted by molar-refractivity contribution is 0.0952. The normalized spacial score (nSPS) is 14.0. The van der Waals surface area contributed by atoms with Gasteiger partial charge in [-0.15, -0.1) is 24.8 Å². The fourth-order valence-electron chi connectivity index (χ4n) is 3.12. The van der Waals surface area contributed by atoms with Crippen LogP contribution < -0.4 is 11.1 Å². The Labute approximate surface area is 168 Å². The lowest BCUT2D eigenvalue weighted by atomic mass is 10.1. The van der Waals surface area contributed by atoms with E-state index in [0.29, 0.717) is 17.8 Å². The van der Waals surface area contributed by atoms with Crippen LogP contribution in [0.15, 0.2) is 48.5 Å². The maximum Gasteiger partial charge on any atom is 0.253 e. The second kappa shape index (κ2) is 11.1. The monoisotopic (exact) mass is 395 g/mol. The van der Waals surface area contributed by atoms with Crippen molar-refractivity contribution >= 4 is 36.4 Å². The number of piperidine rings is 1. The summed E-state index contributed by atoms with van der Waals surface area (Å²) in [6.07, 6.45) is 3.99. The summed E-state index contributed by atoms with van der Waals surface area (Å²) >= 11 is 0. The van der Waals surface area contributed by atoms with Crippen molar-refractivity contribution in [2.75, 3.05) is 18.8 Å². The molecule has 0 aliphatic carbocycles. The van der Waals surface area contributed by atoms with Crippen LogP contribution in [0.2, 0.25) is 0 Å². The Balaban J connectivity index is 0.00000169. The standard InChI is InChI=1S/C20H25N3O.2ClH/c21-19-7-3-2-6-18(19)20(24)22-14-16-8-10-17(11-9-16)15-23-12-4-1-5-13-23;;/h2-3,6-11H,1,4-5,12-15,21H2,(H,22,24);2*1H. The van der Waals surface area contributed by atoms with Crippen molar-refractivity contribution < 1.29 is 4.79 Å². The number of amides is 1. The molecule has 0 atom stereocenters. The molecule has 0 aromatic heterocycles. The van der Waals surface area contributed by atoms with Gasteiger partial charge in [0.05, 0.1) is 5.56 Å². The minimum Gasteiger partial charge on any atom is -0.398 e. The predicted molar refractivity (Wildman–Crippen MR) is 112 cm³/mol. The van der Waals surface area contributed by atoms with Gasteiger partial charge in [0.1, 0.15) is 0 Å². The predicted octanol–water partition coefficient (Wildman–Crippen LogP) is 4.03. The third-order valence-corrected chi connectivity index (χ3v) is 4.54. The first-order valence-corrected chi connectivity index (χ1v) is 8.65. The van der Waals surface area contributed by atoms with Gasteiger partial charge in [-0.05, 0) is 49.2 Å². The van der Waals surface area contributed by atoms with E-state index in [4.69, 9.17) is 5.73 Å². The summed E-state index contributed by atoms with van der Waals surface area (Å²) in [7, 11) is 0. The fraction of sp³-hybridized carbons (Fsp3) is 0.350. The second-order valence-electron chi connectivity index (χ2n) is 6.42. The third-order valence-electron chi connectivity index (χ3n) is 4.54. The molecule has 26 heavy (non-hydrogen) atoms. The van der Waals surface area contributed by atoms with Crippen LogP contribution >= 0.6 is 24.8 Å². The molecule has 2 aromatic rings. The molecule has 1 aliphatic rings. The van der Waals surface area contributed by atoms with Crippen molar-refractivity contribution in [1.82, 2.24) is 10.2 Å². The van der Waals surface area contributed by atoms with E-state index in [-0.39, 0.29) is 30.7 Å². The largest absolute Gasteiger partial charge is 0.398 e. The van der Waals surface area contributed by atoms with Gasteiger partial charge >= 0.3 is 0 Å². The minimum atomic E-state index is -0.134. The third kappa shape index (κ3) is 6.20. The molecule has 1 amide bonds. The SMILES string of the molecule is Cl.Cl.Nc1ccccc1C(=O)NCc1ccc(CN2CCCCC2)cc1. The number of rotatable bonds is 5. The number of hydrogen-bond acceptors (Lipinski definition) is 3. The van der Waals surface area contributed by atoms with E-state index in [1.165, 1.54) is 37.9 Å². The van der Waals surface area contributed by atoms with Crippen molar-refractivity contribution in [1.29, 1.82) is 0 Å². The zero-order valence-corrected chi connectivity index (χ0v) is 16.5. The molecule has 2 aromatic carbocycles. The number of carbonyl (C=O) groups is 1. The minimum absolute atomic E-state index is 0. The highest BCUT2D eigenvalue weighted by Gasteiger charge is 2.11. The summed E-state index contributed by atoms with van der Waals surface area (Å²) < 4.78 is 0. The zero-order chi connectivity index (χ0) is 16.8. The number of carbonyl (C=O) groups excluding carboxylic acids is 1. The van der Waals surface area contributed by atoms with E-state index in [0.717, 1.165) is 12.1 Å². The fourth-order valence-corrected chi connectivity index (χ4v) is 3.12. The molecule has 3 N–H and O–H groups in total. The maximum atomic E-state index is 12.2. The van der Waals surface area contributed by atoms with Gasteiger partial charge < -0.3 is 11.1 Å². The number of nitrogen functional groups attached to an aromatic ring is 1. The summed E-state index contributed by atoms with van der Waals surface area (Å²) in [5.74, 6) is -0.134. The van der Waals surface area contributed by atoms with Crippen LogP contribution in [0, 0.1) is 0 Å². The molecule has 3 rings (SSSR count). The zero-order valence-electron chi connectivity index (χ0n) is 14.8. The summed E-state index contributed by atoms with van der Waals surface area (Å²) in [6.45, 7) is 3.94. The Morgan fingerprint density at radius 3 is 2.19 bits per heavy atom. The average molecular weight is 396 g/mol. The van der Waals surface area contributed by atoms with Crippen LogP contribution in [0.4, 0.5) is 5.69 Å². The molecule has 0 unspecified atom stereocenters. The van der Waals surface area contributed by atoms with Crippen LogP contribution in [-0.4, -0.2) is 23.9 Å². The van der Waals surface area contributed by atoms with Crippen molar-refractivity contribution in [3.63, 3.8) is 0 Å². The Kier molecular flexibility index (Phi) is 9.49. The van der Waals surface area contributed by atoms with Crippen LogP contribution in [0.5, 0.6) is 0 Å². The first kappa shape index (κ1) is 22.3. The molecule has 142 valence electrons. The molecule has 1 saturated heterocycles. The quantitative estimate of drug-likeness (QED) is 0.751. The smallest absolute Gasteiger partial charge is 0.253 e. The average Bonchev–Trinajstić information content (AvgIpc) is 2.62. The number of nitrogens with zero attached hydrogens (tertiary/aromatic N) is 1. The topological polar surface area (TPSA) is 58.4 Å². The highest BCUT2D eigenvalue weighted by atomic mass is 35.5. The van der Waals surface area contributed by atoms with Gasteiger partial charge in [0.25, 0.3) is 5.91 Å². The summed E-state index contributed by atoms with van der Waals surface area (Å²) in [4.78, 5) is 14.7. The Morgan fingerprint density at radius 1 is 0.923 bits per heavy atom. The maximum absolute atomic E-state index is 12.2. The molecule has 1 fully saturated rings. The van der Waals surface area contributed by atoms with E-state index in [2.05, 4.69) is 34.5 Å². The summed E-state index contributed by atoms with van der Waals surface area (Å²) in [5, 5.41) is 2.93. The molecule has 0 bridgehead atoms. The van der Waals surface area contributed by atoms with Crippen molar-refractivity contribution in [3.8, 4) is 0 Å². The Morgan fingerprint density at radius 2 is 1.54 bits per heavy atom. The van der Waals surface area contributed by atoms with Gasteiger partial charge in [0, 0.05) is 18.8 Å². The highest BCUT2D eigenvalue weighted by molar-refractivity contribution is 5.98. The second-order valence-corrected chi connectivity index (χ2v) is 6.42. The molecular formula is C20H27Cl2N3O.